The number of nitrogens with one attached hydrogen (secondary N) is 1. The molecule has 0 bridgehead atoms. The molecule has 2 aromatic heterocycles. The second-order valence-corrected chi connectivity index (χ2v) is 8.85. The molecule has 0 atom stereocenters. The van der Waals surface area contributed by atoms with Crippen molar-refractivity contribution >= 4 is 26.9 Å². The number of ether oxygens (including phenoxy) is 1. The van der Waals surface area contributed by atoms with Crippen LogP contribution in [0.3, 0.4) is 0 Å². The van der Waals surface area contributed by atoms with Crippen LogP contribution in [0.5, 0.6) is 0 Å². The van der Waals surface area contributed by atoms with Crippen LogP contribution in [0.1, 0.15) is 31.3 Å². The minimum Gasteiger partial charge on any atom is -0.382 e. The third kappa shape index (κ3) is 4.72. The molecule has 0 aromatic carbocycles. The lowest BCUT2D eigenvalue weighted by atomic mass is 10.3. The van der Waals surface area contributed by atoms with E-state index < -0.39 is 10.0 Å². The summed E-state index contributed by atoms with van der Waals surface area (Å²) in [5.41, 5.74) is 8.65. The van der Waals surface area contributed by atoms with E-state index in [1.54, 1.807) is 6.92 Å². The van der Waals surface area contributed by atoms with Gasteiger partial charge in [0.05, 0.1) is 24.5 Å². The summed E-state index contributed by atoms with van der Waals surface area (Å²) in [7, 11) is -3.17. The number of anilines is 1. The summed E-state index contributed by atoms with van der Waals surface area (Å²) in [4.78, 5) is 9.03. The van der Waals surface area contributed by atoms with Gasteiger partial charge in [-0.2, -0.15) is 0 Å². The molecule has 1 aliphatic carbocycles. The molecule has 0 radical (unpaired) electrons. The summed E-state index contributed by atoms with van der Waals surface area (Å²) in [6.45, 7) is 5.29. The van der Waals surface area contributed by atoms with Crippen LogP contribution >= 0.6 is 0 Å². The Labute approximate surface area is 154 Å². The molecular formula is C17H27N5O3S. The lowest BCUT2D eigenvalue weighted by Gasteiger charge is -2.10. The van der Waals surface area contributed by atoms with E-state index in [-0.39, 0.29) is 12.3 Å². The Balaban J connectivity index is 1.64. The molecule has 0 spiro atoms. The van der Waals surface area contributed by atoms with Crippen molar-refractivity contribution in [2.45, 2.75) is 39.7 Å². The van der Waals surface area contributed by atoms with Crippen LogP contribution in [0.15, 0.2) is 6.07 Å². The molecule has 3 rings (SSSR count). The zero-order valence-electron chi connectivity index (χ0n) is 15.4. The van der Waals surface area contributed by atoms with E-state index in [1.165, 1.54) is 12.8 Å². The first-order chi connectivity index (χ1) is 12.4. The number of rotatable bonds is 10. The highest BCUT2D eigenvalue weighted by Crippen LogP contribution is 2.33. The van der Waals surface area contributed by atoms with Gasteiger partial charge < -0.3 is 15.0 Å². The lowest BCUT2D eigenvalue weighted by molar-refractivity contribution is 0.131. The van der Waals surface area contributed by atoms with Crippen molar-refractivity contribution in [1.29, 1.82) is 0 Å². The molecule has 144 valence electrons. The van der Waals surface area contributed by atoms with E-state index in [0.717, 1.165) is 29.0 Å². The molecule has 0 amide bonds. The van der Waals surface area contributed by atoms with Crippen molar-refractivity contribution in [3.63, 3.8) is 0 Å². The van der Waals surface area contributed by atoms with Gasteiger partial charge in [-0.15, -0.1) is 0 Å². The number of fused-ring (bicyclic) bond motifs is 1. The first-order valence-corrected chi connectivity index (χ1v) is 10.7. The fraction of sp³-hybridized carbons (Fsp3) is 0.647. The second-order valence-electron chi connectivity index (χ2n) is 6.75. The molecule has 8 nitrogen and oxygen atoms in total. The minimum absolute atomic E-state index is 0.0767. The summed E-state index contributed by atoms with van der Waals surface area (Å²) >= 11 is 0. The molecular weight excluding hydrogens is 354 g/mol. The SMILES string of the molecule is CCS(=O)(=O)NCCOCCn1c(CC2CC2)nc2c(N)nc(C)cc21. The monoisotopic (exact) mass is 381 g/mol. The van der Waals surface area contributed by atoms with E-state index in [2.05, 4.69) is 14.3 Å². The highest BCUT2D eigenvalue weighted by molar-refractivity contribution is 7.89. The number of aromatic nitrogens is 3. The third-order valence-electron chi connectivity index (χ3n) is 4.55. The molecule has 9 heteroatoms. The lowest BCUT2D eigenvalue weighted by Crippen LogP contribution is -2.29. The minimum atomic E-state index is -3.17. The number of aryl methyl sites for hydroxylation is 1. The van der Waals surface area contributed by atoms with Gasteiger partial charge in [0, 0.05) is 25.2 Å². The number of hydrogen-bond acceptors (Lipinski definition) is 6. The largest absolute Gasteiger partial charge is 0.382 e. The van der Waals surface area contributed by atoms with Crippen molar-refractivity contribution in [1.82, 2.24) is 19.3 Å². The number of nitrogen functional groups attached to an aromatic ring is 1. The summed E-state index contributed by atoms with van der Waals surface area (Å²) in [6, 6.07) is 2.00. The fourth-order valence-electron chi connectivity index (χ4n) is 2.94. The molecule has 1 aliphatic rings. The summed E-state index contributed by atoms with van der Waals surface area (Å²) in [5.74, 6) is 2.28. The highest BCUT2D eigenvalue weighted by Gasteiger charge is 2.25. The number of pyridine rings is 1. The molecule has 0 unspecified atom stereocenters. The molecule has 2 heterocycles. The van der Waals surface area contributed by atoms with E-state index in [0.29, 0.717) is 31.5 Å². The quantitative estimate of drug-likeness (QED) is 0.599. The van der Waals surface area contributed by atoms with Crippen molar-refractivity contribution < 1.29 is 13.2 Å². The Morgan fingerprint density at radius 2 is 2.12 bits per heavy atom. The summed E-state index contributed by atoms with van der Waals surface area (Å²) < 4.78 is 33.0. The maximum Gasteiger partial charge on any atom is 0.211 e. The first-order valence-electron chi connectivity index (χ1n) is 9.07. The maximum absolute atomic E-state index is 11.4. The van der Waals surface area contributed by atoms with E-state index in [4.69, 9.17) is 15.5 Å². The van der Waals surface area contributed by atoms with Gasteiger partial charge >= 0.3 is 0 Å². The second kappa shape index (κ2) is 7.89. The average Bonchev–Trinajstić information content (AvgIpc) is 3.33. The molecule has 3 N–H and O–H groups in total. The van der Waals surface area contributed by atoms with Gasteiger partial charge in [0.25, 0.3) is 0 Å². The Kier molecular flexibility index (Phi) is 5.79. The molecule has 2 aromatic rings. The highest BCUT2D eigenvalue weighted by atomic mass is 32.2. The number of hydrogen-bond donors (Lipinski definition) is 2. The predicted octanol–water partition coefficient (Wildman–Crippen LogP) is 1.23. The van der Waals surface area contributed by atoms with Gasteiger partial charge in [-0.05, 0) is 38.7 Å². The van der Waals surface area contributed by atoms with E-state index >= 15 is 0 Å². The molecule has 1 saturated carbocycles. The van der Waals surface area contributed by atoms with Crippen molar-refractivity contribution in [3.8, 4) is 0 Å². The molecule has 26 heavy (non-hydrogen) atoms. The Morgan fingerprint density at radius 1 is 1.35 bits per heavy atom. The Bertz CT molecular complexity index is 874. The molecule has 1 fully saturated rings. The summed E-state index contributed by atoms with van der Waals surface area (Å²) in [6.07, 6.45) is 3.46. The van der Waals surface area contributed by atoms with E-state index in [1.807, 2.05) is 13.0 Å². The van der Waals surface area contributed by atoms with Crippen LogP contribution in [0.25, 0.3) is 11.0 Å². The zero-order valence-corrected chi connectivity index (χ0v) is 16.2. The van der Waals surface area contributed by atoms with Crippen LogP contribution in [0, 0.1) is 12.8 Å². The predicted molar refractivity (Wildman–Crippen MR) is 101 cm³/mol. The van der Waals surface area contributed by atoms with E-state index in [9.17, 15) is 8.42 Å². The van der Waals surface area contributed by atoms with Crippen LogP contribution in [-0.2, 0) is 27.7 Å². The smallest absolute Gasteiger partial charge is 0.211 e. The third-order valence-corrected chi connectivity index (χ3v) is 5.95. The van der Waals surface area contributed by atoms with Gasteiger partial charge in [-0.3, -0.25) is 0 Å². The van der Waals surface area contributed by atoms with Crippen LogP contribution < -0.4 is 10.5 Å². The van der Waals surface area contributed by atoms with Gasteiger partial charge in [0.15, 0.2) is 5.82 Å². The standard InChI is InChI=1S/C17H27N5O3S/c1-3-26(23,24)19-6-8-25-9-7-22-14-10-12(2)20-17(18)16(14)21-15(22)11-13-4-5-13/h10,13,19H,3-9,11H2,1-2H3,(H2,18,20). The van der Waals surface area contributed by atoms with Crippen LogP contribution in [0.2, 0.25) is 0 Å². The van der Waals surface area contributed by atoms with Crippen molar-refractivity contribution in [3.05, 3.63) is 17.6 Å². The number of imidazole rings is 1. The topological polar surface area (TPSA) is 112 Å². The normalized spacial score (nSPS) is 15.0. The molecule has 0 saturated heterocycles. The number of nitrogens with zero attached hydrogens (tertiary/aromatic N) is 3. The Hall–Kier alpha value is -1.71. The average molecular weight is 382 g/mol. The molecule has 0 aliphatic heterocycles. The Morgan fingerprint density at radius 3 is 2.81 bits per heavy atom. The zero-order chi connectivity index (χ0) is 18.7. The van der Waals surface area contributed by atoms with Crippen LogP contribution in [-0.4, -0.2) is 48.5 Å². The van der Waals surface area contributed by atoms with Crippen LogP contribution in [0.4, 0.5) is 5.82 Å². The van der Waals surface area contributed by atoms with Gasteiger partial charge in [0.2, 0.25) is 10.0 Å². The summed E-state index contributed by atoms with van der Waals surface area (Å²) in [5, 5.41) is 0. The van der Waals surface area contributed by atoms with Gasteiger partial charge in [0.1, 0.15) is 11.3 Å². The van der Waals surface area contributed by atoms with Gasteiger partial charge in [-0.25, -0.2) is 23.1 Å². The van der Waals surface area contributed by atoms with Crippen molar-refractivity contribution in [2.24, 2.45) is 5.92 Å². The number of nitrogens with two attached hydrogens (primary N) is 1. The van der Waals surface area contributed by atoms with Crippen molar-refractivity contribution in [2.75, 3.05) is 31.2 Å². The first kappa shape index (κ1) is 19.1. The van der Waals surface area contributed by atoms with Gasteiger partial charge in [-0.1, -0.05) is 0 Å². The maximum atomic E-state index is 11.4. The fourth-order valence-corrected chi connectivity index (χ4v) is 3.53. The number of sulfonamides is 1.